The van der Waals surface area contributed by atoms with Crippen molar-refractivity contribution in [2.75, 3.05) is 0 Å². The van der Waals surface area contributed by atoms with Crippen LogP contribution in [0.1, 0.15) is 18.1 Å². The normalized spacial score (nSPS) is 14.5. The van der Waals surface area contributed by atoms with E-state index in [1.807, 2.05) is 0 Å². The largest absolute Gasteiger partial charge is 0.397 e. The van der Waals surface area contributed by atoms with Gasteiger partial charge in [-0.1, -0.05) is 12.1 Å². The van der Waals surface area contributed by atoms with Gasteiger partial charge in [-0.05, 0) is 17.7 Å². The Hall–Kier alpha value is -1.19. The van der Waals surface area contributed by atoms with Crippen LogP contribution in [0.2, 0.25) is 0 Å². The van der Waals surface area contributed by atoms with Gasteiger partial charge in [0, 0.05) is 0 Å². The summed E-state index contributed by atoms with van der Waals surface area (Å²) in [4.78, 5) is 0. The molecule has 0 spiro atoms. The fourth-order valence-electron chi connectivity index (χ4n) is 1.24. The molecule has 0 aliphatic heterocycles. The van der Waals surface area contributed by atoms with Gasteiger partial charge in [0.1, 0.15) is 11.9 Å². The molecule has 18 heavy (non-hydrogen) atoms. The summed E-state index contributed by atoms with van der Waals surface area (Å²) in [7, 11) is -5.05. The summed E-state index contributed by atoms with van der Waals surface area (Å²) in [5.41, 5.74) is -0.216. The Labute approximate surface area is 100 Å². The molecule has 0 saturated heterocycles. The molecule has 1 aromatic rings. The van der Waals surface area contributed by atoms with Crippen LogP contribution in [0.25, 0.3) is 0 Å². The molecule has 0 amide bonds. The van der Waals surface area contributed by atoms with Gasteiger partial charge in [-0.25, -0.2) is 8.57 Å². The molecule has 0 aliphatic rings. The van der Waals surface area contributed by atoms with Crippen LogP contribution in [0.4, 0.5) is 17.6 Å². The van der Waals surface area contributed by atoms with E-state index in [9.17, 15) is 26.0 Å². The Morgan fingerprint density at radius 3 is 2.11 bits per heavy atom. The minimum atomic E-state index is -5.05. The van der Waals surface area contributed by atoms with Crippen LogP contribution in [-0.4, -0.2) is 19.1 Å². The fraction of sp³-hybridized carbons (Fsp3) is 0.333. The molecule has 1 aromatic carbocycles. The zero-order valence-corrected chi connectivity index (χ0v) is 9.50. The second kappa shape index (κ2) is 5.21. The lowest BCUT2D eigenvalue weighted by Gasteiger charge is -2.17. The zero-order chi connectivity index (χ0) is 14.0. The summed E-state index contributed by atoms with van der Waals surface area (Å²) in [5.74, 6) is -0.698. The van der Waals surface area contributed by atoms with E-state index >= 15 is 0 Å². The highest BCUT2D eigenvalue weighted by Gasteiger charge is 2.35. The second-order valence-corrected chi connectivity index (χ2v) is 4.43. The third-order valence-corrected chi connectivity index (χ3v) is 2.37. The monoisotopic (exact) mass is 288 g/mol. The van der Waals surface area contributed by atoms with Gasteiger partial charge in [0.15, 0.2) is 0 Å². The van der Waals surface area contributed by atoms with E-state index in [2.05, 4.69) is 4.18 Å². The van der Waals surface area contributed by atoms with E-state index in [1.165, 1.54) is 0 Å². The minimum absolute atomic E-state index is 0.216. The summed E-state index contributed by atoms with van der Waals surface area (Å²) < 4.78 is 82.5. The maximum absolute atomic E-state index is 12.6. The number of hydrogen-bond acceptors (Lipinski definition) is 3. The Balaban J connectivity index is 3.00. The fourth-order valence-corrected chi connectivity index (χ4v) is 1.71. The molecule has 9 heteroatoms. The Morgan fingerprint density at radius 1 is 1.22 bits per heavy atom. The lowest BCUT2D eigenvalue weighted by molar-refractivity contribution is -0.151. The van der Waals surface area contributed by atoms with Gasteiger partial charge in [-0.15, -0.1) is 0 Å². The van der Waals surface area contributed by atoms with Gasteiger partial charge in [-0.3, -0.25) is 4.55 Å². The Morgan fingerprint density at radius 2 is 1.72 bits per heavy atom. The van der Waals surface area contributed by atoms with Gasteiger partial charge in [-0.2, -0.15) is 21.6 Å². The van der Waals surface area contributed by atoms with Gasteiger partial charge >= 0.3 is 16.6 Å². The predicted molar refractivity (Wildman–Crippen MR) is 52.4 cm³/mol. The Bertz CT molecular complexity index is 494. The van der Waals surface area contributed by atoms with Crippen LogP contribution in [-0.2, 0) is 14.6 Å². The smallest absolute Gasteiger partial charge is 0.264 e. The number of rotatable bonds is 4. The molecule has 1 unspecified atom stereocenters. The molecule has 0 radical (unpaired) electrons. The van der Waals surface area contributed by atoms with Crippen LogP contribution >= 0.6 is 0 Å². The molecule has 0 bridgehead atoms. The third kappa shape index (κ3) is 5.43. The van der Waals surface area contributed by atoms with Gasteiger partial charge < -0.3 is 0 Å². The van der Waals surface area contributed by atoms with Crippen molar-refractivity contribution in [3.63, 3.8) is 0 Å². The topological polar surface area (TPSA) is 63.6 Å². The lowest BCUT2D eigenvalue weighted by Crippen LogP contribution is -2.19. The van der Waals surface area contributed by atoms with Crippen molar-refractivity contribution < 1.29 is 34.7 Å². The minimum Gasteiger partial charge on any atom is -0.264 e. The summed E-state index contributed by atoms with van der Waals surface area (Å²) in [6.07, 6.45) is -8.29. The van der Waals surface area contributed by atoms with Crippen molar-refractivity contribution in [3.05, 3.63) is 35.6 Å². The molecular weight excluding hydrogens is 280 g/mol. The second-order valence-electron chi connectivity index (χ2n) is 3.38. The molecular formula is C9H8F4O4S. The molecule has 0 heterocycles. The molecule has 102 valence electrons. The number of hydrogen-bond donors (Lipinski definition) is 1. The van der Waals surface area contributed by atoms with E-state index < -0.39 is 34.9 Å². The summed E-state index contributed by atoms with van der Waals surface area (Å²) in [5, 5.41) is 0. The molecule has 0 aromatic heterocycles. The SMILES string of the molecule is O=S(=O)(O)OC(CC(F)(F)F)c1ccc(F)cc1. The van der Waals surface area contributed by atoms with Crippen molar-refractivity contribution in [1.29, 1.82) is 0 Å². The number of halogens is 4. The molecule has 1 atom stereocenters. The zero-order valence-electron chi connectivity index (χ0n) is 8.69. The molecule has 0 fully saturated rings. The first-order valence-corrected chi connectivity index (χ1v) is 5.91. The van der Waals surface area contributed by atoms with E-state index in [0.29, 0.717) is 0 Å². The average Bonchev–Trinajstić information content (AvgIpc) is 2.13. The maximum atomic E-state index is 12.6. The third-order valence-electron chi connectivity index (χ3n) is 1.90. The highest BCUT2D eigenvalue weighted by Crippen LogP contribution is 2.33. The van der Waals surface area contributed by atoms with E-state index in [0.717, 1.165) is 24.3 Å². The number of alkyl halides is 3. The van der Waals surface area contributed by atoms with Gasteiger partial charge in [0.05, 0.1) is 6.42 Å². The van der Waals surface area contributed by atoms with Crippen LogP contribution in [0.15, 0.2) is 24.3 Å². The first kappa shape index (κ1) is 14.9. The van der Waals surface area contributed by atoms with Crippen molar-refractivity contribution in [3.8, 4) is 0 Å². The highest BCUT2D eigenvalue weighted by molar-refractivity contribution is 7.80. The summed E-state index contributed by atoms with van der Waals surface area (Å²) >= 11 is 0. The lowest BCUT2D eigenvalue weighted by atomic mass is 10.1. The predicted octanol–water partition coefficient (Wildman–Crippen LogP) is 2.64. The van der Waals surface area contributed by atoms with E-state index in [4.69, 9.17) is 4.55 Å². The van der Waals surface area contributed by atoms with Crippen molar-refractivity contribution >= 4 is 10.4 Å². The van der Waals surface area contributed by atoms with Crippen molar-refractivity contribution in [1.82, 2.24) is 0 Å². The molecule has 1 rings (SSSR count). The van der Waals surface area contributed by atoms with Crippen LogP contribution in [0.5, 0.6) is 0 Å². The van der Waals surface area contributed by atoms with Crippen molar-refractivity contribution in [2.45, 2.75) is 18.7 Å². The van der Waals surface area contributed by atoms with Crippen LogP contribution in [0, 0.1) is 5.82 Å². The van der Waals surface area contributed by atoms with E-state index in [-0.39, 0.29) is 5.56 Å². The molecule has 0 saturated carbocycles. The molecule has 1 N–H and O–H groups in total. The quantitative estimate of drug-likeness (QED) is 0.683. The van der Waals surface area contributed by atoms with Gasteiger partial charge in [0.25, 0.3) is 0 Å². The summed E-state index contributed by atoms with van der Waals surface area (Å²) in [6, 6.07) is 3.59. The molecule has 4 nitrogen and oxygen atoms in total. The average molecular weight is 288 g/mol. The first-order valence-electron chi connectivity index (χ1n) is 4.55. The maximum Gasteiger partial charge on any atom is 0.397 e. The highest BCUT2D eigenvalue weighted by atomic mass is 32.3. The van der Waals surface area contributed by atoms with E-state index in [1.54, 1.807) is 0 Å². The summed E-state index contributed by atoms with van der Waals surface area (Å²) in [6.45, 7) is 0. The Kier molecular flexibility index (Phi) is 4.30. The molecule has 0 aliphatic carbocycles. The first-order chi connectivity index (χ1) is 8.07. The number of benzene rings is 1. The van der Waals surface area contributed by atoms with Crippen LogP contribution in [0.3, 0.4) is 0 Å². The van der Waals surface area contributed by atoms with Crippen LogP contribution < -0.4 is 0 Å². The van der Waals surface area contributed by atoms with Gasteiger partial charge in [0.2, 0.25) is 0 Å². The van der Waals surface area contributed by atoms with Crippen molar-refractivity contribution in [2.24, 2.45) is 0 Å². The standard InChI is InChI=1S/C9H8F4O4S/c10-7-3-1-6(2-4-7)8(5-9(11,12)13)17-18(14,15)16/h1-4,8H,5H2,(H,14,15,16).